The van der Waals surface area contributed by atoms with Gasteiger partial charge in [0.25, 0.3) is 0 Å². The molecule has 0 amide bonds. The van der Waals surface area contributed by atoms with Gasteiger partial charge in [-0.05, 0) is 32.7 Å². The van der Waals surface area contributed by atoms with Crippen molar-refractivity contribution in [2.75, 3.05) is 19.6 Å². The molecular formula is C13H21NO5. The molecule has 0 bridgehead atoms. The molecule has 0 radical (unpaired) electrons. The van der Waals surface area contributed by atoms with E-state index >= 15 is 0 Å². The maximum absolute atomic E-state index is 11.2. The number of carboxylic acid groups (broad SMARTS) is 2. The van der Waals surface area contributed by atoms with Crippen molar-refractivity contribution in [1.29, 1.82) is 0 Å². The summed E-state index contributed by atoms with van der Waals surface area (Å²) in [4.78, 5) is 24.3. The molecule has 2 heterocycles. The highest BCUT2D eigenvalue weighted by Gasteiger charge is 2.39. The van der Waals surface area contributed by atoms with Crippen LogP contribution in [0.1, 0.15) is 26.2 Å². The standard InChI is InChI=1S/C13H21NO5/c1-8-2-3-9(19-8)6-14-5-4-10(12(15)16)11(7-14)13(17)18/h8-11H,2-7H2,1H3,(H,15,16)(H,17,18). The molecule has 2 saturated heterocycles. The minimum Gasteiger partial charge on any atom is -0.481 e. The monoisotopic (exact) mass is 271 g/mol. The maximum Gasteiger partial charge on any atom is 0.308 e. The molecular weight excluding hydrogens is 250 g/mol. The SMILES string of the molecule is CC1CCC(CN2CCC(C(=O)O)C(C(=O)O)C2)O1. The quantitative estimate of drug-likeness (QED) is 0.781. The second-order valence-corrected chi connectivity index (χ2v) is 5.58. The number of hydrogen-bond acceptors (Lipinski definition) is 4. The van der Waals surface area contributed by atoms with Gasteiger partial charge in [0, 0.05) is 13.1 Å². The third-order valence-corrected chi connectivity index (χ3v) is 4.11. The number of likely N-dealkylation sites (tertiary alicyclic amines) is 1. The highest BCUT2D eigenvalue weighted by Crippen LogP contribution is 2.26. The van der Waals surface area contributed by atoms with Crippen LogP contribution in [0.3, 0.4) is 0 Å². The number of ether oxygens (including phenoxy) is 1. The lowest BCUT2D eigenvalue weighted by molar-refractivity contribution is -0.157. The highest BCUT2D eigenvalue weighted by molar-refractivity contribution is 5.80. The van der Waals surface area contributed by atoms with Gasteiger partial charge >= 0.3 is 11.9 Å². The molecule has 4 atom stereocenters. The van der Waals surface area contributed by atoms with Crippen LogP contribution < -0.4 is 0 Å². The molecule has 6 nitrogen and oxygen atoms in total. The first-order valence-electron chi connectivity index (χ1n) is 6.80. The number of nitrogens with zero attached hydrogens (tertiary/aromatic N) is 1. The van der Waals surface area contributed by atoms with E-state index < -0.39 is 23.8 Å². The summed E-state index contributed by atoms with van der Waals surface area (Å²) in [6.07, 6.45) is 2.87. The predicted molar refractivity (Wildman–Crippen MR) is 66.9 cm³/mol. The topological polar surface area (TPSA) is 87.1 Å². The van der Waals surface area contributed by atoms with E-state index in [0.717, 1.165) is 12.8 Å². The number of rotatable bonds is 4. The second kappa shape index (κ2) is 5.88. The van der Waals surface area contributed by atoms with Gasteiger partial charge in [-0.25, -0.2) is 0 Å². The molecule has 2 aliphatic heterocycles. The van der Waals surface area contributed by atoms with Crippen LogP contribution in [-0.2, 0) is 14.3 Å². The number of carboxylic acids is 2. The van der Waals surface area contributed by atoms with E-state index in [-0.39, 0.29) is 12.2 Å². The lowest BCUT2D eigenvalue weighted by atomic mass is 9.85. The van der Waals surface area contributed by atoms with E-state index in [9.17, 15) is 9.59 Å². The third-order valence-electron chi connectivity index (χ3n) is 4.11. The van der Waals surface area contributed by atoms with Gasteiger partial charge in [-0.15, -0.1) is 0 Å². The number of piperidine rings is 1. The summed E-state index contributed by atoms with van der Waals surface area (Å²) >= 11 is 0. The Morgan fingerprint density at radius 3 is 2.37 bits per heavy atom. The van der Waals surface area contributed by atoms with E-state index in [4.69, 9.17) is 14.9 Å². The van der Waals surface area contributed by atoms with Gasteiger partial charge in [0.15, 0.2) is 0 Å². The van der Waals surface area contributed by atoms with Gasteiger partial charge in [0.2, 0.25) is 0 Å². The molecule has 0 spiro atoms. The van der Waals surface area contributed by atoms with Crippen molar-refractivity contribution < 1.29 is 24.5 Å². The van der Waals surface area contributed by atoms with Gasteiger partial charge in [0.05, 0.1) is 24.0 Å². The zero-order chi connectivity index (χ0) is 14.0. The minimum absolute atomic E-state index is 0.158. The Bertz CT molecular complexity index is 359. The Balaban J connectivity index is 1.91. The molecule has 0 aliphatic carbocycles. The lowest BCUT2D eigenvalue weighted by Gasteiger charge is -2.35. The Hall–Kier alpha value is -1.14. The zero-order valence-corrected chi connectivity index (χ0v) is 11.1. The molecule has 0 aromatic carbocycles. The normalized spacial score (nSPS) is 36.3. The first-order chi connectivity index (χ1) is 8.97. The number of aliphatic carboxylic acids is 2. The second-order valence-electron chi connectivity index (χ2n) is 5.58. The van der Waals surface area contributed by atoms with Crippen LogP contribution in [0.25, 0.3) is 0 Å². The third kappa shape index (κ3) is 3.45. The summed E-state index contributed by atoms with van der Waals surface area (Å²) in [6.45, 7) is 3.69. The average Bonchev–Trinajstić information content (AvgIpc) is 2.74. The molecule has 0 saturated carbocycles. The summed E-state index contributed by atoms with van der Waals surface area (Å²) in [5, 5.41) is 18.2. The molecule has 6 heteroatoms. The Kier molecular flexibility index (Phi) is 4.42. The van der Waals surface area contributed by atoms with Crippen LogP contribution in [0.15, 0.2) is 0 Å². The van der Waals surface area contributed by atoms with Crippen LogP contribution in [0.5, 0.6) is 0 Å². The van der Waals surface area contributed by atoms with E-state index in [2.05, 4.69) is 0 Å². The van der Waals surface area contributed by atoms with Crippen LogP contribution in [0.2, 0.25) is 0 Å². The van der Waals surface area contributed by atoms with Crippen molar-refractivity contribution >= 4 is 11.9 Å². The highest BCUT2D eigenvalue weighted by atomic mass is 16.5. The Morgan fingerprint density at radius 1 is 1.16 bits per heavy atom. The summed E-state index contributed by atoms with van der Waals surface area (Å²) in [6, 6.07) is 0. The largest absolute Gasteiger partial charge is 0.481 e. The molecule has 0 aromatic heterocycles. The van der Waals surface area contributed by atoms with E-state index in [1.807, 2.05) is 11.8 Å². The molecule has 0 aromatic rings. The van der Waals surface area contributed by atoms with Crippen LogP contribution in [-0.4, -0.2) is 58.9 Å². The van der Waals surface area contributed by atoms with E-state index in [1.165, 1.54) is 0 Å². The molecule has 2 N–H and O–H groups in total. The van der Waals surface area contributed by atoms with Gasteiger partial charge < -0.3 is 14.9 Å². The molecule has 108 valence electrons. The van der Waals surface area contributed by atoms with Crippen molar-refractivity contribution in [3.8, 4) is 0 Å². The van der Waals surface area contributed by atoms with Gasteiger partial charge in [-0.1, -0.05) is 0 Å². The average molecular weight is 271 g/mol. The van der Waals surface area contributed by atoms with E-state index in [1.54, 1.807) is 0 Å². The summed E-state index contributed by atoms with van der Waals surface area (Å²) in [7, 11) is 0. The molecule has 2 rings (SSSR count). The van der Waals surface area contributed by atoms with Crippen LogP contribution in [0.4, 0.5) is 0 Å². The smallest absolute Gasteiger partial charge is 0.308 e. The first kappa shape index (κ1) is 14.3. The van der Waals surface area contributed by atoms with Gasteiger partial charge in [0.1, 0.15) is 0 Å². The summed E-state index contributed by atoms with van der Waals surface area (Å²) < 4.78 is 5.73. The summed E-state index contributed by atoms with van der Waals surface area (Å²) in [5.41, 5.74) is 0. The zero-order valence-electron chi connectivity index (χ0n) is 11.1. The first-order valence-corrected chi connectivity index (χ1v) is 6.80. The van der Waals surface area contributed by atoms with Gasteiger partial charge in [-0.2, -0.15) is 0 Å². The lowest BCUT2D eigenvalue weighted by Crippen LogP contribution is -2.48. The van der Waals surface area contributed by atoms with Crippen LogP contribution >= 0.6 is 0 Å². The van der Waals surface area contributed by atoms with Crippen LogP contribution in [0, 0.1) is 11.8 Å². The molecule has 2 aliphatic rings. The fourth-order valence-electron chi connectivity index (χ4n) is 3.04. The molecule has 2 fully saturated rings. The van der Waals surface area contributed by atoms with Crippen molar-refractivity contribution in [3.63, 3.8) is 0 Å². The van der Waals surface area contributed by atoms with Gasteiger partial charge in [-0.3, -0.25) is 14.5 Å². The maximum atomic E-state index is 11.2. The number of carbonyl (C=O) groups is 2. The summed E-state index contributed by atoms with van der Waals surface area (Å²) in [5.74, 6) is -3.60. The van der Waals surface area contributed by atoms with Crippen molar-refractivity contribution in [2.45, 2.75) is 38.4 Å². The predicted octanol–water partition coefficient (Wildman–Crippen LogP) is 0.661. The van der Waals surface area contributed by atoms with Crippen molar-refractivity contribution in [1.82, 2.24) is 4.90 Å². The molecule has 4 unspecified atom stereocenters. The number of hydrogen-bond donors (Lipinski definition) is 2. The van der Waals surface area contributed by atoms with Crippen molar-refractivity contribution in [3.05, 3.63) is 0 Å². The molecule has 19 heavy (non-hydrogen) atoms. The Morgan fingerprint density at radius 2 is 1.84 bits per heavy atom. The Labute approximate surface area is 112 Å². The minimum atomic E-state index is -1.02. The fraction of sp³-hybridized carbons (Fsp3) is 0.846. The van der Waals surface area contributed by atoms with E-state index in [0.29, 0.717) is 26.1 Å². The fourth-order valence-corrected chi connectivity index (χ4v) is 3.04. The van der Waals surface area contributed by atoms with Crippen molar-refractivity contribution in [2.24, 2.45) is 11.8 Å².